The molecule has 1 heterocycles. The topological polar surface area (TPSA) is 221 Å². The number of nitrogens with zero attached hydrogens (tertiary/aromatic N) is 4. The summed E-state index contributed by atoms with van der Waals surface area (Å²) in [5.41, 5.74) is 6.76. The van der Waals surface area contributed by atoms with Gasteiger partial charge < -0.3 is 20.6 Å². The standard InChI is InChI=1S/C27H30N6O9/c1-16(35)30-20(12-22(36)37)23(38)32(21(15-34)24(39)40)33-25(41)27(2,19-10-8-17(9-11-19)13-29-28)31(26(33)42)14-18-6-4-3-5-7-18/h3-11,20-21,28,34H,12-15H2,1-2H3,(H,30,35)(H,36,37)(H,39,40)/t20-,21-,27+/m0/s1. The first-order chi connectivity index (χ1) is 19.9. The van der Waals surface area contributed by atoms with Crippen LogP contribution in [-0.2, 0) is 42.6 Å². The second kappa shape index (κ2) is 13.0. The molecule has 3 atom stereocenters. The normalized spacial score (nSPS) is 17.9. The van der Waals surface area contributed by atoms with Crippen LogP contribution in [0.3, 0.4) is 0 Å². The second-order valence-electron chi connectivity index (χ2n) is 9.63. The Labute approximate surface area is 239 Å². The molecule has 1 fully saturated rings. The van der Waals surface area contributed by atoms with E-state index in [0.717, 1.165) is 11.8 Å². The number of aliphatic hydroxyl groups excluding tert-OH is 1. The molecule has 1 aliphatic heterocycles. The van der Waals surface area contributed by atoms with Crippen LogP contribution in [0.5, 0.6) is 0 Å². The minimum Gasteiger partial charge on any atom is -0.481 e. The number of urea groups is 1. The molecule has 3 rings (SSSR count). The zero-order valence-corrected chi connectivity index (χ0v) is 22.8. The lowest BCUT2D eigenvalue weighted by Crippen LogP contribution is -2.63. The van der Waals surface area contributed by atoms with Crippen LogP contribution in [0, 0.1) is 5.53 Å². The largest absolute Gasteiger partial charge is 0.481 e. The van der Waals surface area contributed by atoms with Crippen LogP contribution in [0.15, 0.2) is 59.7 Å². The van der Waals surface area contributed by atoms with E-state index >= 15 is 0 Å². The number of hydrazine groups is 1. The fourth-order valence-corrected chi connectivity index (χ4v) is 4.63. The highest BCUT2D eigenvalue weighted by Gasteiger charge is 2.60. The molecule has 2 aromatic carbocycles. The number of carboxylic acids is 2. The van der Waals surface area contributed by atoms with Crippen LogP contribution >= 0.6 is 0 Å². The van der Waals surface area contributed by atoms with Gasteiger partial charge in [0, 0.05) is 13.5 Å². The molecule has 0 radical (unpaired) electrons. The summed E-state index contributed by atoms with van der Waals surface area (Å²) >= 11 is 0. The van der Waals surface area contributed by atoms with Gasteiger partial charge in [-0.15, -0.1) is 0 Å². The molecule has 222 valence electrons. The van der Waals surface area contributed by atoms with Gasteiger partial charge in [0.25, 0.3) is 11.8 Å². The van der Waals surface area contributed by atoms with Crippen LogP contribution in [0.1, 0.15) is 37.0 Å². The number of amides is 5. The van der Waals surface area contributed by atoms with Crippen molar-refractivity contribution in [1.29, 1.82) is 5.53 Å². The molecule has 15 nitrogen and oxygen atoms in total. The number of hydrogen-bond donors (Lipinski definition) is 5. The van der Waals surface area contributed by atoms with Crippen molar-refractivity contribution in [1.82, 2.24) is 20.2 Å². The maximum absolute atomic E-state index is 14.2. The number of carbonyl (C=O) groups is 6. The van der Waals surface area contributed by atoms with Gasteiger partial charge in [-0.1, -0.05) is 54.6 Å². The van der Waals surface area contributed by atoms with Crippen molar-refractivity contribution >= 4 is 35.7 Å². The monoisotopic (exact) mass is 582 g/mol. The third-order valence-electron chi connectivity index (χ3n) is 6.77. The molecule has 0 aliphatic carbocycles. The third-order valence-corrected chi connectivity index (χ3v) is 6.77. The summed E-state index contributed by atoms with van der Waals surface area (Å²) in [4.78, 5) is 78.6. The number of aliphatic hydroxyl groups is 1. The Morgan fingerprint density at radius 3 is 2.14 bits per heavy atom. The van der Waals surface area contributed by atoms with Gasteiger partial charge in [0.2, 0.25) is 5.91 Å². The van der Waals surface area contributed by atoms with E-state index < -0.39 is 66.3 Å². The third kappa shape index (κ3) is 6.25. The summed E-state index contributed by atoms with van der Waals surface area (Å²) in [7, 11) is 0. The van der Waals surface area contributed by atoms with E-state index in [1.54, 1.807) is 42.5 Å². The van der Waals surface area contributed by atoms with Gasteiger partial charge in [0.1, 0.15) is 11.6 Å². The molecular formula is C27H30N6O9. The minimum atomic E-state index is -2.20. The van der Waals surface area contributed by atoms with E-state index in [2.05, 4.69) is 10.4 Å². The summed E-state index contributed by atoms with van der Waals surface area (Å²) in [5, 5.41) is 35.1. The van der Waals surface area contributed by atoms with E-state index in [4.69, 9.17) is 5.53 Å². The van der Waals surface area contributed by atoms with Gasteiger partial charge in [-0.2, -0.15) is 10.1 Å². The molecule has 15 heteroatoms. The van der Waals surface area contributed by atoms with Gasteiger partial charge in [-0.3, -0.25) is 24.1 Å². The molecule has 1 saturated heterocycles. The van der Waals surface area contributed by atoms with Crippen molar-refractivity contribution in [2.75, 3.05) is 6.61 Å². The van der Waals surface area contributed by atoms with Crippen molar-refractivity contribution < 1.29 is 44.1 Å². The van der Waals surface area contributed by atoms with Gasteiger partial charge in [0.15, 0.2) is 6.04 Å². The van der Waals surface area contributed by atoms with Gasteiger partial charge in [-0.25, -0.2) is 20.1 Å². The highest BCUT2D eigenvalue weighted by Crippen LogP contribution is 2.40. The fraction of sp³-hybridized carbons (Fsp3) is 0.333. The van der Waals surface area contributed by atoms with Crippen LogP contribution in [0.4, 0.5) is 4.79 Å². The van der Waals surface area contributed by atoms with Gasteiger partial charge in [0.05, 0.1) is 19.6 Å². The predicted molar refractivity (Wildman–Crippen MR) is 142 cm³/mol. The van der Waals surface area contributed by atoms with E-state index in [1.807, 2.05) is 0 Å². The molecular weight excluding hydrogens is 552 g/mol. The molecule has 5 amide bonds. The molecule has 1 aliphatic rings. The summed E-state index contributed by atoms with van der Waals surface area (Å²) in [6, 6.07) is 9.59. The predicted octanol–water partition coefficient (Wildman–Crippen LogP) is 1.07. The first-order valence-corrected chi connectivity index (χ1v) is 12.6. The van der Waals surface area contributed by atoms with Gasteiger partial charge in [-0.05, 0) is 23.6 Å². The summed E-state index contributed by atoms with van der Waals surface area (Å²) < 4.78 is 0. The molecule has 0 spiro atoms. The van der Waals surface area contributed by atoms with Crippen molar-refractivity contribution in [2.24, 2.45) is 5.11 Å². The van der Waals surface area contributed by atoms with E-state index in [-0.39, 0.29) is 28.7 Å². The Balaban J connectivity index is 2.22. The molecule has 2 aromatic rings. The van der Waals surface area contributed by atoms with E-state index in [1.165, 1.54) is 19.1 Å². The van der Waals surface area contributed by atoms with Crippen molar-refractivity contribution in [3.8, 4) is 0 Å². The molecule has 0 unspecified atom stereocenters. The van der Waals surface area contributed by atoms with Crippen LogP contribution < -0.4 is 5.32 Å². The SMILES string of the molecule is CC(=O)N[C@@H](CC(=O)O)C(=O)N([C@@H](CO)C(=O)O)N1C(=O)N(Cc2ccccc2)[C@](C)(c2ccc(CN=N)cc2)C1=O. The lowest BCUT2D eigenvalue weighted by molar-refractivity contribution is -0.173. The van der Waals surface area contributed by atoms with E-state index in [9.17, 15) is 44.1 Å². The van der Waals surface area contributed by atoms with Crippen LogP contribution in [0.25, 0.3) is 0 Å². The Hall–Kier alpha value is -5.18. The number of rotatable bonds is 13. The average Bonchev–Trinajstić information content (AvgIpc) is 3.12. The molecule has 0 aromatic heterocycles. The summed E-state index contributed by atoms with van der Waals surface area (Å²) in [5.74, 6) is -6.64. The zero-order chi connectivity index (χ0) is 31.2. The number of hydrogen-bond acceptors (Lipinski definition) is 9. The second-order valence-corrected chi connectivity index (χ2v) is 9.63. The smallest absolute Gasteiger partial charge is 0.347 e. The van der Waals surface area contributed by atoms with E-state index in [0.29, 0.717) is 11.1 Å². The Morgan fingerprint density at radius 1 is 1.02 bits per heavy atom. The quantitative estimate of drug-likeness (QED) is 0.168. The minimum absolute atomic E-state index is 0.0664. The fourth-order valence-electron chi connectivity index (χ4n) is 4.63. The van der Waals surface area contributed by atoms with Crippen molar-refractivity contribution in [3.05, 3.63) is 71.3 Å². The number of carboxylic acid groups (broad SMARTS) is 2. The highest BCUT2D eigenvalue weighted by atomic mass is 16.4. The lowest BCUT2D eigenvalue weighted by atomic mass is 9.89. The number of imide groups is 1. The van der Waals surface area contributed by atoms with Crippen LogP contribution in [-0.4, -0.2) is 84.6 Å². The zero-order valence-electron chi connectivity index (χ0n) is 22.8. The average molecular weight is 583 g/mol. The van der Waals surface area contributed by atoms with Gasteiger partial charge >= 0.3 is 18.0 Å². The van der Waals surface area contributed by atoms with Crippen molar-refractivity contribution in [3.63, 3.8) is 0 Å². The molecule has 0 saturated carbocycles. The Kier molecular flexibility index (Phi) is 9.70. The van der Waals surface area contributed by atoms with Crippen LogP contribution in [0.2, 0.25) is 0 Å². The summed E-state index contributed by atoms with van der Waals surface area (Å²) in [6.45, 7) is 1.05. The highest BCUT2D eigenvalue weighted by molar-refractivity contribution is 6.09. The number of aliphatic carboxylic acids is 2. The Bertz CT molecular complexity index is 1370. The first-order valence-electron chi connectivity index (χ1n) is 12.6. The first kappa shape index (κ1) is 31.3. The maximum Gasteiger partial charge on any atom is 0.347 e. The number of carbonyl (C=O) groups excluding carboxylic acids is 4. The number of nitrogens with one attached hydrogen (secondary N) is 2. The number of benzene rings is 2. The lowest BCUT2D eigenvalue weighted by Gasteiger charge is -2.35. The molecule has 42 heavy (non-hydrogen) atoms. The van der Waals surface area contributed by atoms with Crippen molar-refractivity contribution in [2.45, 2.75) is 51.0 Å². The molecule has 5 N–H and O–H groups in total. The summed E-state index contributed by atoms with van der Waals surface area (Å²) in [6.07, 6.45) is -1.00. The maximum atomic E-state index is 14.2. The molecule has 0 bridgehead atoms. The Morgan fingerprint density at radius 2 is 1.64 bits per heavy atom.